The van der Waals surface area contributed by atoms with Gasteiger partial charge in [-0.1, -0.05) is 6.07 Å². The minimum atomic E-state index is 0.0282. The highest BCUT2D eigenvalue weighted by Gasteiger charge is 2.16. The zero-order chi connectivity index (χ0) is 16.2. The van der Waals surface area contributed by atoms with Gasteiger partial charge in [-0.25, -0.2) is 0 Å². The molecule has 4 nitrogen and oxygen atoms in total. The van der Waals surface area contributed by atoms with Gasteiger partial charge in [-0.05, 0) is 43.3 Å². The Hall–Kier alpha value is -2.40. The number of hydrogen-bond acceptors (Lipinski definition) is 4. The zero-order valence-electron chi connectivity index (χ0n) is 13.2. The van der Waals surface area contributed by atoms with Gasteiger partial charge >= 0.3 is 0 Å². The largest absolute Gasteiger partial charge is 0.461 e. The highest BCUT2D eigenvalue weighted by Crippen LogP contribution is 2.30. The second-order valence-electron chi connectivity index (χ2n) is 5.37. The monoisotopic (exact) mass is 326 g/mol. The van der Waals surface area contributed by atoms with Gasteiger partial charge in [0, 0.05) is 31.9 Å². The number of likely N-dealkylation sites (N-methyl/N-ethyl adjacent to an activating group) is 1. The quantitative estimate of drug-likeness (QED) is 0.711. The van der Waals surface area contributed by atoms with Crippen molar-refractivity contribution in [1.82, 2.24) is 9.88 Å². The Morgan fingerprint density at radius 3 is 2.78 bits per heavy atom. The number of aryl methyl sites for hydroxylation is 1. The smallest absolute Gasteiger partial charge is 0.263 e. The lowest BCUT2D eigenvalue weighted by atomic mass is 10.2. The van der Waals surface area contributed by atoms with Crippen LogP contribution in [0, 0.1) is 6.92 Å². The van der Waals surface area contributed by atoms with Crippen LogP contribution in [-0.4, -0.2) is 29.4 Å². The molecule has 5 heteroatoms. The van der Waals surface area contributed by atoms with E-state index in [9.17, 15) is 4.79 Å². The van der Waals surface area contributed by atoms with Gasteiger partial charge in [-0.15, -0.1) is 11.3 Å². The highest BCUT2D eigenvalue weighted by molar-refractivity contribution is 7.17. The van der Waals surface area contributed by atoms with Crippen LogP contribution in [0.1, 0.15) is 21.1 Å². The molecule has 3 heterocycles. The molecule has 0 atom stereocenters. The normalized spacial score (nSPS) is 10.7. The maximum Gasteiger partial charge on any atom is 0.263 e. The van der Waals surface area contributed by atoms with Gasteiger partial charge in [0.25, 0.3) is 5.91 Å². The molecule has 0 spiro atoms. The van der Waals surface area contributed by atoms with Crippen molar-refractivity contribution < 1.29 is 9.21 Å². The topological polar surface area (TPSA) is 46.3 Å². The van der Waals surface area contributed by atoms with Crippen molar-refractivity contribution in [2.75, 3.05) is 13.6 Å². The zero-order valence-corrected chi connectivity index (χ0v) is 14.0. The van der Waals surface area contributed by atoms with Crippen LogP contribution in [0.3, 0.4) is 0 Å². The second-order valence-corrected chi connectivity index (χ2v) is 6.46. The fourth-order valence-electron chi connectivity index (χ4n) is 2.27. The summed E-state index contributed by atoms with van der Waals surface area (Å²) >= 11 is 1.46. The lowest BCUT2D eigenvalue weighted by molar-refractivity contribution is 0.0801. The first-order valence-corrected chi connectivity index (χ1v) is 8.27. The van der Waals surface area contributed by atoms with Crippen molar-refractivity contribution in [3.63, 3.8) is 0 Å². The second kappa shape index (κ2) is 6.79. The number of aromatic nitrogens is 1. The van der Waals surface area contributed by atoms with Crippen molar-refractivity contribution in [2.45, 2.75) is 13.3 Å². The van der Waals surface area contributed by atoms with E-state index in [1.165, 1.54) is 11.3 Å². The molecular formula is C18H18N2O2S. The van der Waals surface area contributed by atoms with Crippen LogP contribution in [0.4, 0.5) is 0 Å². The third-order valence-corrected chi connectivity index (χ3v) is 4.66. The molecule has 0 aliphatic heterocycles. The highest BCUT2D eigenvalue weighted by atomic mass is 32.1. The van der Waals surface area contributed by atoms with Gasteiger partial charge in [0.1, 0.15) is 11.5 Å². The number of amides is 1. The van der Waals surface area contributed by atoms with E-state index in [1.807, 2.05) is 56.4 Å². The summed E-state index contributed by atoms with van der Waals surface area (Å²) in [5, 5.41) is 0. The first-order chi connectivity index (χ1) is 11.1. The fourth-order valence-corrected chi connectivity index (χ4v) is 3.23. The van der Waals surface area contributed by atoms with E-state index in [0.717, 1.165) is 33.4 Å². The predicted octanol–water partition coefficient (Wildman–Crippen LogP) is 4.03. The van der Waals surface area contributed by atoms with E-state index in [0.29, 0.717) is 6.54 Å². The molecule has 0 saturated carbocycles. The Morgan fingerprint density at radius 1 is 1.22 bits per heavy atom. The third kappa shape index (κ3) is 3.68. The molecule has 0 bridgehead atoms. The maximum absolute atomic E-state index is 12.5. The van der Waals surface area contributed by atoms with E-state index in [4.69, 9.17) is 4.42 Å². The lowest BCUT2D eigenvalue weighted by Crippen LogP contribution is -2.28. The predicted molar refractivity (Wildman–Crippen MR) is 91.7 cm³/mol. The third-order valence-electron chi connectivity index (χ3n) is 3.58. The van der Waals surface area contributed by atoms with Crippen molar-refractivity contribution in [3.05, 3.63) is 65.0 Å². The van der Waals surface area contributed by atoms with Crippen molar-refractivity contribution >= 4 is 17.2 Å². The number of rotatable bonds is 5. The van der Waals surface area contributed by atoms with Crippen molar-refractivity contribution in [1.29, 1.82) is 0 Å². The standard InChI is InChI=1S/C18H18N2O2S/c1-13-6-7-15(22-13)16-8-9-17(23-16)18(21)20(2)12-10-14-5-3-4-11-19-14/h3-9,11H,10,12H2,1-2H3. The molecular weight excluding hydrogens is 308 g/mol. The number of carbonyl (C=O) groups is 1. The molecule has 0 fully saturated rings. The van der Waals surface area contributed by atoms with Gasteiger partial charge in [-0.3, -0.25) is 9.78 Å². The van der Waals surface area contributed by atoms with Gasteiger partial charge < -0.3 is 9.32 Å². The van der Waals surface area contributed by atoms with Gasteiger partial charge in [0.15, 0.2) is 0 Å². The molecule has 0 radical (unpaired) electrons. The van der Waals surface area contributed by atoms with Crippen LogP contribution in [0.5, 0.6) is 0 Å². The van der Waals surface area contributed by atoms with E-state index < -0.39 is 0 Å². The van der Waals surface area contributed by atoms with Crippen molar-refractivity contribution in [2.24, 2.45) is 0 Å². The number of nitrogens with zero attached hydrogens (tertiary/aromatic N) is 2. The Balaban J connectivity index is 1.64. The Bertz CT molecular complexity index is 792. The van der Waals surface area contributed by atoms with E-state index >= 15 is 0 Å². The number of pyridine rings is 1. The average Bonchev–Trinajstić information content (AvgIpc) is 3.21. The Morgan fingerprint density at radius 2 is 2.09 bits per heavy atom. The maximum atomic E-state index is 12.5. The number of hydrogen-bond donors (Lipinski definition) is 0. The summed E-state index contributed by atoms with van der Waals surface area (Å²) in [5.74, 6) is 1.71. The molecule has 0 aliphatic carbocycles. The van der Waals surface area contributed by atoms with E-state index in [1.54, 1.807) is 11.1 Å². The summed E-state index contributed by atoms with van der Waals surface area (Å²) < 4.78 is 5.61. The van der Waals surface area contributed by atoms with E-state index in [-0.39, 0.29) is 5.91 Å². The Kier molecular flexibility index (Phi) is 4.57. The molecule has 0 unspecified atom stereocenters. The molecule has 0 aromatic carbocycles. The van der Waals surface area contributed by atoms with Gasteiger partial charge in [0.05, 0.1) is 9.75 Å². The molecule has 3 aromatic heterocycles. The van der Waals surface area contributed by atoms with Gasteiger partial charge in [-0.2, -0.15) is 0 Å². The minimum absolute atomic E-state index is 0.0282. The molecule has 0 N–H and O–H groups in total. The van der Waals surface area contributed by atoms with E-state index in [2.05, 4.69) is 4.98 Å². The van der Waals surface area contributed by atoms with Crippen molar-refractivity contribution in [3.8, 4) is 10.6 Å². The molecule has 23 heavy (non-hydrogen) atoms. The molecule has 0 aliphatic rings. The average molecular weight is 326 g/mol. The molecule has 1 amide bonds. The summed E-state index contributed by atoms with van der Waals surface area (Å²) in [4.78, 5) is 20.2. The molecule has 3 aromatic rings. The first-order valence-electron chi connectivity index (χ1n) is 7.45. The van der Waals surface area contributed by atoms with Crippen LogP contribution in [0.2, 0.25) is 0 Å². The number of thiophene rings is 1. The molecule has 0 saturated heterocycles. The summed E-state index contributed by atoms with van der Waals surface area (Å²) in [5.41, 5.74) is 0.991. The summed E-state index contributed by atoms with van der Waals surface area (Å²) in [7, 11) is 1.82. The molecule has 3 rings (SSSR count). The van der Waals surface area contributed by atoms with Crippen LogP contribution in [-0.2, 0) is 6.42 Å². The summed E-state index contributed by atoms with van der Waals surface area (Å²) in [6.07, 6.45) is 2.52. The van der Waals surface area contributed by atoms with Crippen LogP contribution in [0.15, 0.2) is 53.1 Å². The first kappa shape index (κ1) is 15.5. The minimum Gasteiger partial charge on any atom is -0.461 e. The van der Waals surface area contributed by atoms with Crippen LogP contribution in [0.25, 0.3) is 10.6 Å². The summed E-state index contributed by atoms with van der Waals surface area (Å²) in [6, 6.07) is 13.5. The number of furan rings is 1. The lowest BCUT2D eigenvalue weighted by Gasteiger charge is -2.15. The summed E-state index contributed by atoms with van der Waals surface area (Å²) in [6.45, 7) is 2.55. The number of carbonyl (C=O) groups excluding carboxylic acids is 1. The van der Waals surface area contributed by atoms with Crippen LogP contribution < -0.4 is 0 Å². The molecule has 118 valence electrons. The van der Waals surface area contributed by atoms with Gasteiger partial charge in [0.2, 0.25) is 0 Å². The van der Waals surface area contributed by atoms with Crippen LogP contribution >= 0.6 is 11.3 Å². The SMILES string of the molecule is Cc1ccc(-c2ccc(C(=O)N(C)CCc3ccccn3)s2)o1. The Labute approximate surface area is 139 Å². The fraction of sp³-hybridized carbons (Fsp3) is 0.222.